The minimum absolute atomic E-state index is 0. The van der Waals surface area contributed by atoms with Gasteiger partial charge in [0.2, 0.25) is 0 Å². The van der Waals surface area contributed by atoms with Crippen molar-refractivity contribution in [1.82, 2.24) is 15.2 Å². The quantitative estimate of drug-likeness (QED) is 0.805. The molecule has 0 unspecified atom stereocenters. The van der Waals surface area contributed by atoms with Gasteiger partial charge in [-0.1, -0.05) is 12.1 Å². The number of alkyl halides is 2. The molecule has 22 heavy (non-hydrogen) atoms. The van der Waals surface area contributed by atoms with Gasteiger partial charge < -0.3 is 15.4 Å². The van der Waals surface area contributed by atoms with E-state index in [1.165, 1.54) is 0 Å². The number of aromatic nitrogens is 1. The Morgan fingerprint density at radius 3 is 2.64 bits per heavy atom. The topological polar surface area (TPSA) is 51.3 Å². The van der Waals surface area contributed by atoms with E-state index in [0.717, 1.165) is 10.9 Å². The van der Waals surface area contributed by atoms with Crippen LogP contribution in [0.15, 0.2) is 30.5 Å². The number of piperazine rings is 1. The van der Waals surface area contributed by atoms with Gasteiger partial charge in [0.1, 0.15) is 12.6 Å². The zero-order valence-corrected chi connectivity index (χ0v) is 12.9. The second-order valence-corrected chi connectivity index (χ2v) is 5.39. The number of aromatic amines is 1. The number of fused-ring (bicyclic) bond motifs is 1. The van der Waals surface area contributed by atoms with E-state index in [1.807, 2.05) is 12.1 Å². The lowest BCUT2D eigenvalue weighted by Gasteiger charge is -2.39. The molecule has 1 atom stereocenters. The van der Waals surface area contributed by atoms with E-state index in [4.69, 9.17) is 0 Å². The molecule has 1 saturated heterocycles. The lowest BCUT2D eigenvalue weighted by Crippen LogP contribution is -2.51. The predicted octanol–water partition coefficient (Wildman–Crippen LogP) is 2.16. The number of hydrogen-bond donors (Lipinski definition) is 3. The van der Waals surface area contributed by atoms with Gasteiger partial charge in [-0.25, -0.2) is 8.78 Å². The summed E-state index contributed by atoms with van der Waals surface area (Å²) in [4.78, 5) is 4.81. The third kappa shape index (κ3) is 3.10. The van der Waals surface area contributed by atoms with Crippen LogP contribution < -0.4 is 5.32 Å². The van der Waals surface area contributed by atoms with Crippen molar-refractivity contribution in [3.8, 4) is 0 Å². The second-order valence-electron chi connectivity index (χ2n) is 5.39. The van der Waals surface area contributed by atoms with Crippen LogP contribution in [0.25, 0.3) is 10.9 Å². The highest BCUT2D eigenvalue weighted by Gasteiger charge is 2.44. The van der Waals surface area contributed by atoms with Crippen molar-refractivity contribution in [3.05, 3.63) is 36.0 Å². The van der Waals surface area contributed by atoms with E-state index in [9.17, 15) is 13.9 Å². The first kappa shape index (κ1) is 17.1. The summed E-state index contributed by atoms with van der Waals surface area (Å²) in [5.74, 6) is -3.18. The van der Waals surface area contributed by atoms with E-state index in [0.29, 0.717) is 31.7 Å². The van der Waals surface area contributed by atoms with Gasteiger partial charge in [-0.2, -0.15) is 0 Å². The monoisotopic (exact) mass is 331 g/mol. The SMILES string of the molecule is Cl.OCC(F)(F)[C@@H](c1cccc2[nH]ccc12)N1CCNCC1. The first-order valence-corrected chi connectivity index (χ1v) is 7.13. The molecule has 3 N–H and O–H groups in total. The summed E-state index contributed by atoms with van der Waals surface area (Å²) in [5, 5.41) is 13.1. The van der Waals surface area contributed by atoms with Crippen LogP contribution >= 0.6 is 12.4 Å². The molecule has 0 saturated carbocycles. The number of H-pyrrole nitrogens is 1. The molecule has 0 aliphatic carbocycles. The molecular formula is C15H20ClF2N3O. The fourth-order valence-electron chi connectivity index (χ4n) is 3.07. The molecule has 4 nitrogen and oxygen atoms in total. The van der Waals surface area contributed by atoms with Gasteiger partial charge >= 0.3 is 0 Å². The number of aliphatic hydroxyl groups is 1. The highest BCUT2D eigenvalue weighted by atomic mass is 35.5. The van der Waals surface area contributed by atoms with E-state index < -0.39 is 18.6 Å². The number of aliphatic hydroxyl groups excluding tert-OH is 1. The summed E-state index contributed by atoms with van der Waals surface area (Å²) in [7, 11) is 0. The van der Waals surface area contributed by atoms with Crippen molar-refractivity contribution < 1.29 is 13.9 Å². The lowest BCUT2D eigenvalue weighted by atomic mass is 9.95. The van der Waals surface area contributed by atoms with Crippen molar-refractivity contribution in [2.75, 3.05) is 32.8 Å². The molecule has 122 valence electrons. The maximum Gasteiger partial charge on any atom is 0.289 e. The Morgan fingerprint density at radius 1 is 1.23 bits per heavy atom. The standard InChI is InChI=1S/C15H19F2N3O.ClH/c16-15(17,10-21)14(20-8-6-18-7-9-20)12-2-1-3-13-11(12)4-5-19-13;/h1-5,14,18-19,21H,6-10H2;1H/t14-;/m1./s1. The Balaban J connectivity index is 0.00000176. The average Bonchev–Trinajstić information content (AvgIpc) is 2.98. The maximum absolute atomic E-state index is 14.4. The van der Waals surface area contributed by atoms with E-state index in [2.05, 4.69) is 10.3 Å². The molecule has 3 rings (SSSR count). The maximum atomic E-state index is 14.4. The number of nitrogens with one attached hydrogen (secondary N) is 2. The molecule has 1 aliphatic rings. The summed E-state index contributed by atoms with van der Waals surface area (Å²) in [6.07, 6.45) is 1.75. The fourth-order valence-corrected chi connectivity index (χ4v) is 3.07. The van der Waals surface area contributed by atoms with Crippen LogP contribution in [-0.2, 0) is 0 Å². The molecule has 0 bridgehead atoms. The number of rotatable bonds is 4. The van der Waals surface area contributed by atoms with Crippen molar-refractivity contribution >= 4 is 23.3 Å². The minimum Gasteiger partial charge on any atom is -0.390 e. The van der Waals surface area contributed by atoms with Gasteiger partial charge in [0.15, 0.2) is 0 Å². The molecule has 1 aromatic heterocycles. The van der Waals surface area contributed by atoms with Crippen molar-refractivity contribution in [1.29, 1.82) is 0 Å². The van der Waals surface area contributed by atoms with Crippen molar-refractivity contribution in [2.45, 2.75) is 12.0 Å². The van der Waals surface area contributed by atoms with Crippen LogP contribution in [0.3, 0.4) is 0 Å². The van der Waals surface area contributed by atoms with Crippen molar-refractivity contribution in [2.24, 2.45) is 0 Å². The molecule has 0 amide bonds. The third-order valence-electron chi connectivity index (χ3n) is 4.05. The van der Waals surface area contributed by atoms with E-state index in [-0.39, 0.29) is 12.4 Å². The first-order chi connectivity index (χ1) is 10.1. The molecule has 2 heterocycles. The van der Waals surface area contributed by atoms with E-state index in [1.54, 1.807) is 23.2 Å². The zero-order chi connectivity index (χ0) is 14.9. The summed E-state index contributed by atoms with van der Waals surface area (Å²) in [5.41, 5.74) is 1.40. The minimum atomic E-state index is -3.18. The van der Waals surface area contributed by atoms with Crippen LogP contribution in [0.2, 0.25) is 0 Å². The molecule has 7 heteroatoms. The molecule has 0 spiro atoms. The Hall–Kier alpha value is -1.21. The van der Waals surface area contributed by atoms with Gasteiger partial charge in [-0.05, 0) is 17.7 Å². The molecule has 1 fully saturated rings. The van der Waals surface area contributed by atoms with Gasteiger partial charge in [0.25, 0.3) is 5.92 Å². The van der Waals surface area contributed by atoms with Crippen molar-refractivity contribution in [3.63, 3.8) is 0 Å². The largest absolute Gasteiger partial charge is 0.390 e. The van der Waals surface area contributed by atoms with Crippen LogP contribution in [0.1, 0.15) is 11.6 Å². The molecule has 1 aliphatic heterocycles. The second kappa shape index (κ2) is 6.91. The Kier molecular flexibility index (Phi) is 5.39. The smallest absolute Gasteiger partial charge is 0.289 e. The van der Waals surface area contributed by atoms with Crippen LogP contribution in [-0.4, -0.2) is 53.7 Å². The van der Waals surface area contributed by atoms with Gasteiger partial charge in [0, 0.05) is 43.3 Å². The van der Waals surface area contributed by atoms with Gasteiger partial charge in [0.05, 0.1) is 0 Å². The molecule has 1 aromatic carbocycles. The Morgan fingerprint density at radius 2 is 1.95 bits per heavy atom. The first-order valence-electron chi connectivity index (χ1n) is 7.13. The zero-order valence-electron chi connectivity index (χ0n) is 12.1. The number of halogens is 3. The highest BCUT2D eigenvalue weighted by molar-refractivity contribution is 5.85. The Bertz CT molecular complexity index is 614. The third-order valence-corrected chi connectivity index (χ3v) is 4.05. The van der Waals surface area contributed by atoms with Crippen LogP contribution in [0.5, 0.6) is 0 Å². The number of benzene rings is 1. The fraction of sp³-hybridized carbons (Fsp3) is 0.467. The molecule has 2 aromatic rings. The molecule has 0 radical (unpaired) electrons. The summed E-state index contributed by atoms with van der Waals surface area (Å²) >= 11 is 0. The summed E-state index contributed by atoms with van der Waals surface area (Å²) in [6.45, 7) is 1.30. The Labute approximate surface area is 133 Å². The number of hydrogen-bond acceptors (Lipinski definition) is 3. The van der Waals surface area contributed by atoms with Gasteiger partial charge in [-0.3, -0.25) is 4.90 Å². The predicted molar refractivity (Wildman–Crippen MR) is 84.8 cm³/mol. The number of nitrogens with zero attached hydrogens (tertiary/aromatic N) is 1. The normalized spacial score (nSPS) is 18.1. The van der Waals surface area contributed by atoms with E-state index >= 15 is 0 Å². The summed E-state index contributed by atoms with van der Waals surface area (Å²) in [6, 6.07) is 6.07. The average molecular weight is 332 g/mol. The lowest BCUT2D eigenvalue weighted by molar-refractivity contribution is -0.118. The van der Waals surface area contributed by atoms with Gasteiger partial charge in [-0.15, -0.1) is 12.4 Å². The van der Waals surface area contributed by atoms with Crippen LogP contribution in [0.4, 0.5) is 8.78 Å². The van der Waals surface area contributed by atoms with Crippen LogP contribution in [0, 0.1) is 0 Å². The highest BCUT2D eigenvalue weighted by Crippen LogP contribution is 2.39. The molecular weight excluding hydrogens is 312 g/mol. The summed E-state index contributed by atoms with van der Waals surface area (Å²) < 4.78 is 28.8.